The van der Waals surface area contributed by atoms with E-state index in [0.717, 1.165) is 5.56 Å². The smallest absolute Gasteiger partial charge is 0.361 e. The van der Waals surface area contributed by atoms with Crippen LogP contribution in [0.2, 0.25) is 5.02 Å². The Morgan fingerprint density at radius 1 is 1.50 bits per heavy atom. The van der Waals surface area contributed by atoms with Gasteiger partial charge in [-0.2, -0.15) is 5.10 Å². The molecule has 18 heavy (non-hydrogen) atoms. The molecule has 0 bridgehead atoms. The molecular weight excluding hydrogens is 254 g/mol. The van der Waals surface area contributed by atoms with Crippen molar-refractivity contribution in [3.63, 3.8) is 0 Å². The average Bonchev–Trinajstić information content (AvgIpc) is 2.67. The number of aromatic nitrogens is 2. The van der Waals surface area contributed by atoms with Crippen LogP contribution < -0.4 is 5.73 Å². The highest BCUT2D eigenvalue weighted by Crippen LogP contribution is 2.17. The fraction of sp³-hybridized carbons (Fsp3) is 0.167. The molecule has 0 saturated carbocycles. The minimum atomic E-state index is -0.562. The minimum Gasteiger partial charge on any atom is -0.456 e. The number of ether oxygens (including phenoxy) is 1. The number of carbonyl (C=O) groups is 1. The Kier molecular flexibility index (Phi) is 3.53. The normalized spacial score (nSPS) is 10.3. The molecule has 0 amide bonds. The predicted octanol–water partition coefficient (Wildman–Crippen LogP) is 2.01. The first-order valence-electron chi connectivity index (χ1n) is 5.27. The lowest BCUT2D eigenvalue weighted by Gasteiger charge is -2.05. The Morgan fingerprint density at radius 2 is 2.22 bits per heavy atom. The van der Waals surface area contributed by atoms with Gasteiger partial charge in [0.05, 0.1) is 5.69 Å². The van der Waals surface area contributed by atoms with Gasteiger partial charge in [0.15, 0.2) is 5.69 Å². The maximum absolute atomic E-state index is 11.7. The lowest BCUT2D eigenvalue weighted by molar-refractivity contribution is 0.0466. The van der Waals surface area contributed by atoms with Crippen molar-refractivity contribution in [3.05, 3.63) is 46.7 Å². The second-order valence-corrected chi connectivity index (χ2v) is 4.18. The third kappa shape index (κ3) is 2.62. The van der Waals surface area contributed by atoms with Crippen LogP contribution in [-0.2, 0) is 18.4 Å². The van der Waals surface area contributed by atoms with Gasteiger partial charge in [0.1, 0.15) is 6.61 Å². The Bertz CT molecular complexity index is 580. The van der Waals surface area contributed by atoms with Gasteiger partial charge in [-0.1, -0.05) is 29.8 Å². The van der Waals surface area contributed by atoms with Crippen molar-refractivity contribution in [3.8, 4) is 0 Å². The monoisotopic (exact) mass is 265 g/mol. The molecule has 1 aromatic heterocycles. The van der Waals surface area contributed by atoms with Crippen molar-refractivity contribution < 1.29 is 9.53 Å². The third-order valence-electron chi connectivity index (χ3n) is 2.37. The van der Waals surface area contributed by atoms with Crippen LogP contribution in [0.4, 0.5) is 5.69 Å². The summed E-state index contributed by atoms with van der Waals surface area (Å²) in [5.41, 5.74) is 6.78. The number of nitrogens with two attached hydrogens (primary N) is 1. The summed E-state index contributed by atoms with van der Waals surface area (Å²) in [6.45, 7) is 0.0918. The molecule has 1 heterocycles. The number of halogens is 1. The lowest BCUT2D eigenvalue weighted by atomic mass is 10.2. The first-order chi connectivity index (χ1) is 8.58. The van der Waals surface area contributed by atoms with Crippen LogP contribution in [0.3, 0.4) is 0 Å². The molecule has 94 valence electrons. The van der Waals surface area contributed by atoms with E-state index in [2.05, 4.69) is 5.10 Å². The molecule has 5 nitrogen and oxygen atoms in total. The van der Waals surface area contributed by atoms with Gasteiger partial charge in [-0.3, -0.25) is 4.68 Å². The lowest BCUT2D eigenvalue weighted by Crippen LogP contribution is -2.09. The summed E-state index contributed by atoms with van der Waals surface area (Å²) in [6, 6.07) is 7.16. The number of nitrogen functional groups attached to an aromatic ring is 1. The van der Waals surface area contributed by atoms with E-state index in [-0.39, 0.29) is 12.3 Å². The molecule has 0 atom stereocenters. The number of hydrogen-bond acceptors (Lipinski definition) is 4. The molecule has 0 radical (unpaired) electrons. The number of aryl methyl sites for hydroxylation is 1. The summed E-state index contributed by atoms with van der Waals surface area (Å²) in [5, 5.41) is 4.48. The van der Waals surface area contributed by atoms with Gasteiger partial charge < -0.3 is 10.5 Å². The molecule has 6 heteroatoms. The third-order valence-corrected chi connectivity index (χ3v) is 2.74. The summed E-state index contributed by atoms with van der Waals surface area (Å²) in [4.78, 5) is 11.7. The average molecular weight is 266 g/mol. The number of rotatable bonds is 3. The largest absolute Gasteiger partial charge is 0.456 e. The van der Waals surface area contributed by atoms with Gasteiger partial charge in [-0.25, -0.2) is 4.79 Å². The van der Waals surface area contributed by atoms with Gasteiger partial charge in [-0.05, 0) is 6.07 Å². The van der Waals surface area contributed by atoms with E-state index in [9.17, 15) is 4.79 Å². The van der Waals surface area contributed by atoms with E-state index in [1.807, 2.05) is 12.1 Å². The second-order valence-electron chi connectivity index (χ2n) is 3.77. The molecule has 0 aliphatic rings. The SMILES string of the molecule is Cn1cc(N)c(C(=O)OCc2ccccc2Cl)n1. The summed E-state index contributed by atoms with van der Waals surface area (Å²) in [6.07, 6.45) is 1.55. The number of hydrogen-bond donors (Lipinski definition) is 1. The van der Waals surface area contributed by atoms with Crippen LogP contribution in [0, 0.1) is 0 Å². The van der Waals surface area contributed by atoms with Crippen LogP contribution >= 0.6 is 11.6 Å². The van der Waals surface area contributed by atoms with Gasteiger partial charge in [0, 0.05) is 23.8 Å². The van der Waals surface area contributed by atoms with E-state index < -0.39 is 5.97 Å². The van der Waals surface area contributed by atoms with E-state index >= 15 is 0 Å². The van der Waals surface area contributed by atoms with Gasteiger partial charge in [0.2, 0.25) is 0 Å². The van der Waals surface area contributed by atoms with Crippen LogP contribution in [0.5, 0.6) is 0 Å². The summed E-state index contributed by atoms with van der Waals surface area (Å²) >= 11 is 5.95. The topological polar surface area (TPSA) is 70.1 Å². The van der Waals surface area contributed by atoms with Crippen molar-refractivity contribution in [2.24, 2.45) is 7.05 Å². The molecule has 0 aliphatic heterocycles. The Labute approximate surface area is 109 Å². The van der Waals surface area contributed by atoms with Crippen molar-refractivity contribution >= 4 is 23.3 Å². The van der Waals surface area contributed by atoms with E-state index in [4.69, 9.17) is 22.1 Å². The summed E-state index contributed by atoms with van der Waals surface area (Å²) in [5.74, 6) is -0.562. The highest BCUT2D eigenvalue weighted by Gasteiger charge is 2.15. The highest BCUT2D eigenvalue weighted by atomic mass is 35.5. The molecule has 1 aromatic carbocycles. The highest BCUT2D eigenvalue weighted by molar-refractivity contribution is 6.31. The van der Waals surface area contributed by atoms with Crippen LogP contribution in [0.15, 0.2) is 30.5 Å². The van der Waals surface area contributed by atoms with E-state index in [1.165, 1.54) is 4.68 Å². The summed E-state index contributed by atoms with van der Waals surface area (Å²) < 4.78 is 6.57. The zero-order valence-corrected chi connectivity index (χ0v) is 10.5. The second kappa shape index (κ2) is 5.10. The zero-order chi connectivity index (χ0) is 13.1. The van der Waals surface area contributed by atoms with Crippen LogP contribution in [0.25, 0.3) is 0 Å². The fourth-order valence-electron chi connectivity index (χ4n) is 1.49. The maximum atomic E-state index is 11.7. The van der Waals surface area contributed by atoms with E-state index in [0.29, 0.717) is 10.7 Å². The number of carbonyl (C=O) groups excluding carboxylic acids is 1. The Balaban J connectivity index is 2.05. The first-order valence-corrected chi connectivity index (χ1v) is 5.65. The predicted molar refractivity (Wildman–Crippen MR) is 68.2 cm³/mol. The van der Waals surface area contributed by atoms with Crippen molar-refractivity contribution in [1.82, 2.24) is 9.78 Å². The molecule has 0 fully saturated rings. The molecule has 2 N–H and O–H groups in total. The van der Waals surface area contributed by atoms with Gasteiger partial charge in [0.25, 0.3) is 0 Å². The molecule has 0 saturated heterocycles. The van der Waals surface area contributed by atoms with Crippen LogP contribution in [0.1, 0.15) is 16.1 Å². The number of anilines is 1. The molecule has 2 rings (SSSR count). The Hall–Kier alpha value is -2.01. The van der Waals surface area contributed by atoms with Crippen LogP contribution in [-0.4, -0.2) is 15.7 Å². The standard InChI is InChI=1S/C12H12ClN3O2/c1-16-6-10(14)11(15-16)12(17)18-7-8-4-2-3-5-9(8)13/h2-6H,7,14H2,1H3. The molecule has 0 unspecified atom stereocenters. The molecule has 2 aromatic rings. The number of benzene rings is 1. The quantitative estimate of drug-likeness (QED) is 0.862. The number of esters is 1. The maximum Gasteiger partial charge on any atom is 0.361 e. The zero-order valence-electron chi connectivity index (χ0n) is 9.76. The van der Waals surface area contributed by atoms with Gasteiger partial charge in [-0.15, -0.1) is 0 Å². The summed E-state index contributed by atoms with van der Waals surface area (Å²) in [7, 11) is 1.68. The molecule has 0 aliphatic carbocycles. The minimum absolute atomic E-state index is 0.0918. The van der Waals surface area contributed by atoms with Gasteiger partial charge >= 0.3 is 5.97 Å². The van der Waals surface area contributed by atoms with Crippen molar-refractivity contribution in [1.29, 1.82) is 0 Å². The van der Waals surface area contributed by atoms with Crippen molar-refractivity contribution in [2.75, 3.05) is 5.73 Å². The van der Waals surface area contributed by atoms with E-state index in [1.54, 1.807) is 25.4 Å². The molecule has 0 spiro atoms. The molecular formula is C12H12ClN3O2. The fourth-order valence-corrected chi connectivity index (χ4v) is 1.68. The number of nitrogens with zero attached hydrogens (tertiary/aromatic N) is 2. The Morgan fingerprint density at radius 3 is 2.83 bits per heavy atom. The van der Waals surface area contributed by atoms with Crippen molar-refractivity contribution in [2.45, 2.75) is 6.61 Å². The first kappa shape index (κ1) is 12.4.